The van der Waals surface area contributed by atoms with Crippen molar-refractivity contribution in [1.29, 1.82) is 0 Å². The van der Waals surface area contributed by atoms with E-state index in [0.717, 1.165) is 75.0 Å². The second kappa shape index (κ2) is 16.0. The van der Waals surface area contributed by atoms with Crippen LogP contribution in [0.1, 0.15) is 25.3 Å². The summed E-state index contributed by atoms with van der Waals surface area (Å²) in [5, 5.41) is 0.709. The van der Waals surface area contributed by atoms with Crippen LogP contribution in [0.25, 0.3) is 5.57 Å². The zero-order chi connectivity index (χ0) is 29.0. The van der Waals surface area contributed by atoms with Crippen LogP contribution in [-0.4, -0.2) is 74.4 Å². The fraction of sp³-hybridized carbons (Fsp3) is 0.424. The van der Waals surface area contributed by atoms with E-state index < -0.39 is 0 Å². The number of para-hydroxylation sites is 1. The van der Waals surface area contributed by atoms with E-state index in [0.29, 0.717) is 23.5 Å². The van der Waals surface area contributed by atoms with Crippen LogP contribution in [0.5, 0.6) is 5.75 Å². The van der Waals surface area contributed by atoms with Gasteiger partial charge < -0.3 is 24.8 Å². The Morgan fingerprint density at radius 3 is 2.56 bits per heavy atom. The molecule has 2 heterocycles. The molecule has 5 rings (SSSR count). The van der Waals surface area contributed by atoms with Crippen molar-refractivity contribution in [3.63, 3.8) is 0 Å². The van der Waals surface area contributed by atoms with Gasteiger partial charge in [-0.2, -0.15) is 0 Å². The van der Waals surface area contributed by atoms with Crippen LogP contribution in [0, 0.1) is 11.8 Å². The zero-order valence-electron chi connectivity index (χ0n) is 24.1. The maximum absolute atomic E-state index is 6.32. The average Bonchev–Trinajstić information content (AvgIpc) is 3.22. The number of benzene rings is 2. The van der Waals surface area contributed by atoms with Crippen LogP contribution in [0.4, 0.5) is 5.69 Å². The van der Waals surface area contributed by atoms with Crippen LogP contribution in [0.3, 0.4) is 0 Å². The van der Waals surface area contributed by atoms with Crippen molar-refractivity contribution >= 4 is 40.6 Å². The quantitative estimate of drug-likeness (QED) is 0.277. The molecule has 3 unspecified atom stereocenters. The van der Waals surface area contributed by atoms with Gasteiger partial charge in [0.25, 0.3) is 0 Å². The van der Waals surface area contributed by atoms with Crippen LogP contribution >= 0.6 is 23.8 Å². The molecule has 0 bridgehead atoms. The van der Waals surface area contributed by atoms with Crippen LogP contribution in [0.15, 0.2) is 78.6 Å². The number of nitrogens with zero attached hydrogens (tertiary/aromatic N) is 2. The molecule has 220 valence electrons. The molecule has 41 heavy (non-hydrogen) atoms. The highest BCUT2D eigenvalue weighted by molar-refractivity contribution is 7.78. The largest absolute Gasteiger partial charge is 0.497 e. The summed E-state index contributed by atoms with van der Waals surface area (Å²) in [6.45, 7) is 8.41. The predicted octanol–water partition coefficient (Wildman–Crippen LogP) is 6.48. The molecule has 2 N–H and O–H groups in total. The fourth-order valence-electron chi connectivity index (χ4n) is 5.47. The number of thiocarbonyl (C=S) groups is 1. The van der Waals surface area contributed by atoms with Crippen molar-refractivity contribution < 1.29 is 14.2 Å². The van der Waals surface area contributed by atoms with Crippen LogP contribution in [0.2, 0.25) is 5.02 Å². The summed E-state index contributed by atoms with van der Waals surface area (Å²) >= 11 is 11.7. The first kappa shape index (κ1) is 31.1. The second-order valence-corrected chi connectivity index (χ2v) is 11.2. The number of nitrogens with two attached hydrogens (primary N) is 1. The highest BCUT2D eigenvalue weighted by Crippen LogP contribution is 2.36. The molecule has 1 fully saturated rings. The van der Waals surface area contributed by atoms with Gasteiger partial charge in [0.05, 0.1) is 31.9 Å². The molecular weight excluding hydrogens is 554 g/mol. The molecule has 2 aromatic carbocycles. The van der Waals surface area contributed by atoms with E-state index in [9.17, 15) is 0 Å². The molecule has 1 saturated heterocycles. The second-order valence-electron chi connectivity index (χ2n) is 10.5. The van der Waals surface area contributed by atoms with E-state index in [2.05, 4.69) is 41.0 Å². The molecule has 8 heteroatoms. The third kappa shape index (κ3) is 9.07. The van der Waals surface area contributed by atoms with E-state index in [1.54, 1.807) is 7.11 Å². The number of rotatable bonds is 8. The lowest BCUT2D eigenvalue weighted by molar-refractivity contribution is 0.0279. The maximum Gasteiger partial charge on any atom is 0.118 e. The number of allylic oxidation sites excluding steroid dienone is 3. The van der Waals surface area contributed by atoms with Gasteiger partial charge in [-0.15, -0.1) is 0 Å². The molecule has 6 nitrogen and oxygen atoms in total. The van der Waals surface area contributed by atoms with E-state index in [4.69, 9.17) is 43.8 Å². The summed E-state index contributed by atoms with van der Waals surface area (Å²) in [6.07, 6.45) is 11.0. The van der Waals surface area contributed by atoms with Crippen LogP contribution in [-0.2, 0) is 9.47 Å². The van der Waals surface area contributed by atoms with Gasteiger partial charge in [0, 0.05) is 48.4 Å². The smallest absolute Gasteiger partial charge is 0.118 e. The molecule has 0 radical (unpaired) electrons. The monoisotopic (exact) mass is 595 g/mol. The molecule has 3 atom stereocenters. The number of hydrogen-bond donors (Lipinski definition) is 1. The summed E-state index contributed by atoms with van der Waals surface area (Å²) in [7, 11) is 1.66. The number of ether oxygens (including phenoxy) is 3. The van der Waals surface area contributed by atoms with Gasteiger partial charge >= 0.3 is 0 Å². The fourth-order valence-corrected chi connectivity index (χ4v) is 5.89. The van der Waals surface area contributed by atoms with Crippen molar-refractivity contribution in [2.75, 3.05) is 58.8 Å². The van der Waals surface area contributed by atoms with Crippen molar-refractivity contribution in [3.05, 3.63) is 89.2 Å². The number of anilines is 1. The first-order chi connectivity index (χ1) is 20.0. The number of methoxy groups -OCH3 is 1. The lowest BCUT2D eigenvalue weighted by atomic mass is 9.82. The summed E-state index contributed by atoms with van der Waals surface area (Å²) in [4.78, 5) is 4.67. The molecule has 0 spiro atoms. The first-order valence-electron chi connectivity index (χ1n) is 14.4. The van der Waals surface area contributed by atoms with Gasteiger partial charge in [0.1, 0.15) is 18.1 Å². The zero-order valence-corrected chi connectivity index (χ0v) is 25.7. The Hall–Kier alpha value is -2.84. The lowest BCUT2D eigenvalue weighted by Gasteiger charge is -2.35. The van der Waals surface area contributed by atoms with E-state index >= 15 is 0 Å². The minimum absolute atomic E-state index is 0.163. The van der Waals surface area contributed by atoms with E-state index in [-0.39, 0.29) is 6.04 Å². The third-order valence-corrected chi connectivity index (χ3v) is 8.29. The molecule has 0 aromatic heterocycles. The molecule has 0 amide bonds. The summed E-state index contributed by atoms with van der Waals surface area (Å²) < 4.78 is 16.4. The first-order valence-corrected chi connectivity index (χ1v) is 15.2. The Kier molecular flexibility index (Phi) is 12.1. The Morgan fingerprint density at radius 1 is 1.10 bits per heavy atom. The number of hydrogen-bond acceptors (Lipinski definition) is 6. The topological polar surface area (TPSA) is 60.2 Å². The van der Waals surface area contributed by atoms with Crippen molar-refractivity contribution in [2.45, 2.75) is 25.8 Å². The standard InChI is InChI=1S/C26H34ClN3O2S.C7H8O/c1-19-15-22(32-14-11-29-9-12-31-13-10-29)5-6-23(19)26-16-20(3-2-8-30(26)18-33)24-17-21(27)4-7-25(24)28;1-8-7-5-3-2-4-6-7/h4-7,15-19,23,26H,2-3,8-14,28H2,1H3;2-6H,1H3. The molecule has 2 aliphatic heterocycles. The summed E-state index contributed by atoms with van der Waals surface area (Å²) in [5.74, 6) is 2.48. The molecule has 3 aliphatic rings. The molecular formula is C33H42ClN3O3S. The van der Waals surface area contributed by atoms with E-state index in [1.807, 2.05) is 54.0 Å². The van der Waals surface area contributed by atoms with Gasteiger partial charge in [-0.25, -0.2) is 0 Å². The average molecular weight is 596 g/mol. The lowest BCUT2D eigenvalue weighted by Crippen LogP contribution is -2.40. The van der Waals surface area contributed by atoms with Crippen molar-refractivity contribution in [2.24, 2.45) is 11.8 Å². The summed E-state index contributed by atoms with van der Waals surface area (Å²) in [6, 6.07) is 15.6. The van der Waals surface area contributed by atoms with Gasteiger partial charge in [-0.3, -0.25) is 4.90 Å². The van der Waals surface area contributed by atoms with Gasteiger partial charge in [-0.1, -0.05) is 61.1 Å². The van der Waals surface area contributed by atoms with Crippen molar-refractivity contribution in [3.8, 4) is 5.75 Å². The maximum atomic E-state index is 6.32. The number of halogens is 1. The highest BCUT2D eigenvalue weighted by atomic mass is 35.5. The number of nitrogen functional groups attached to an aromatic ring is 1. The molecule has 0 saturated carbocycles. The molecule has 1 aliphatic carbocycles. The SMILES string of the molecule is CC1C=C(OCCN2CCOCC2)C=CC1C1C=C(c2cc(Cl)ccc2N)CCCN1C=S.COc1ccccc1. The third-order valence-electron chi connectivity index (χ3n) is 7.78. The Morgan fingerprint density at radius 2 is 1.88 bits per heavy atom. The molecule has 2 aromatic rings. The Balaban J connectivity index is 0.000000417. The minimum Gasteiger partial charge on any atom is -0.497 e. The predicted molar refractivity (Wildman–Crippen MR) is 173 cm³/mol. The van der Waals surface area contributed by atoms with E-state index in [1.165, 1.54) is 5.57 Å². The Labute approximate surface area is 255 Å². The highest BCUT2D eigenvalue weighted by Gasteiger charge is 2.30. The van der Waals surface area contributed by atoms with Gasteiger partial charge in [0.2, 0.25) is 0 Å². The van der Waals surface area contributed by atoms with Crippen molar-refractivity contribution in [1.82, 2.24) is 9.80 Å². The minimum atomic E-state index is 0.163. The Bertz CT molecular complexity index is 1210. The van der Waals surface area contributed by atoms with Gasteiger partial charge in [-0.05, 0) is 66.8 Å². The number of morpholine rings is 1. The van der Waals surface area contributed by atoms with Gasteiger partial charge in [0.15, 0.2) is 0 Å². The van der Waals surface area contributed by atoms with Crippen LogP contribution < -0.4 is 10.5 Å². The summed E-state index contributed by atoms with van der Waals surface area (Å²) in [5.41, 5.74) is 11.2. The normalized spacial score (nSPS) is 22.9.